The summed E-state index contributed by atoms with van der Waals surface area (Å²) in [6.07, 6.45) is 7.66. The van der Waals surface area contributed by atoms with Gasteiger partial charge in [0.2, 0.25) is 10.0 Å². The third-order valence-electron chi connectivity index (χ3n) is 6.09. The Morgan fingerprint density at radius 2 is 1.94 bits per heavy atom. The van der Waals surface area contributed by atoms with Crippen LogP contribution in [0.1, 0.15) is 50.7 Å². The van der Waals surface area contributed by atoms with Gasteiger partial charge in [0.15, 0.2) is 0 Å². The topological polar surface area (TPSA) is 64.4 Å². The van der Waals surface area contributed by atoms with Crippen LogP contribution in [-0.2, 0) is 16.6 Å². The maximum atomic E-state index is 13.3. The highest BCUT2D eigenvalue weighted by molar-refractivity contribution is 7.89. The first-order valence-electron chi connectivity index (χ1n) is 11.0. The van der Waals surface area contributed by atoms with Gasteiger partial charge in [0.25, 0.3) is 0 Å². The zero-order chi connectivity index (χ0) is 22.2. The normalized spacial score (nSPS) is 16.3. The quantitative estimate of drug-likeness (QED) is 0.555. The molecule has 4 rings (SSSR count). The zero-order valence-electron chi connectivity index (χ0n) is 18.7. The van der Waals surface area contributed by atoms with Crippen LogP contribution >= 0.6 is 0 Å². The van der Waals surface area contributed by atoms with E-state index >= 15 is 0 Å². The molecule has 2 aromatic heterocycles. The predicted octanol–water partition coefficient (Wildman–Crippen LogP) is 4.72. The first-order valence-corrected chi connectivity index (χ1v) is 12.5. The summed E-state index contributed by atoms with van der Waals surface area (Å²) in [6.45, 7) is 9.83. The molecule has 0 radical (unpaired) electrons. The minimum Gasteiger partial charge on any atom is -0.491 e. The Kier molecular flexibility index (Phi) is 6.08. The second kappa shape index (κ2) is 8.63. The van der Waals surface area contributed by atoms with Crippen LogP contribution in [0.4, 0.5) is 0 Å². The van der Waals surface area contributed by atoms with Crippen molar-refractivity contribution in [2.24, 2.45) is 0 Å². The van der Waals surface area contributed by atoms with E-state index in [0.29, 0.717) is 29.7 Å². The number of benzene rings is 1. The fourth-order valence-electron chi connectivity index (χ4n) is 4.56. The van der Waals surface area contributed by atoms with Gasteiger partial charge < -0.3 is 9.30 Å². The molecule has 6 nitrogen and oxygen atoms in total. The summed E-state index contributed by atoms with van der Waals surface area (Å²) in [4.78, 5) is 4.64. The molecule has 7 heteroatoms. The van der Waals surface area contributed by atoms with Gasteiger partial charge in [-0.15, -0.1) is 0 Å². The third-order valence-corrected chi connectivity index (χ3v) is 8.14. The van der Waals surface area contributed by atoms with Gasteiger partial charge in [-0.1, -0.05) is 0 Å². The molecule has 1 fully saturated rings. The Morgan fingerprint density at radius 1 is 1.19 bits per heavy atom. The van der Waals surface area contributed by atoms with Crippen LogP contribution < -0.4 is 4.74 Å². The van der Waals surface area contributed by atoms with Crippen LogP contribution in [0.3, 0.4) is 0 Å². The molecule has 1 aliphatic rings. The summed E-state index contributed by atoms with van der Waals surface area (Å²) in [7, 11) is -3.52. The van der Waals surface area contributed by atoms with E-state index in [9.17, 15) is 8.42 Å². The summed E-state index contributed by atoms with van der Waals surface area (Å²) in [6, 6.07) is 7.31. The van der Waals surface area contributed by atoms with Crippen molar-refractivity contribution in [1.82, 2.24) is 13.9 Å². The van der Waals surface area contributed by atoms with Crippen molar-refractivity contribution in [3.63, 3.8) is 0 Å². The Balaban J connectivity index is 1.52. The molecular weight excluding hydrogens is 410 g/mol. The lowest BCUT2D eigenvalue weighted by Crippen LogP contribution is -2.38. The minimum absolute atomic E-state index is 0.0512. The van der Waals surface area contributed by atoms with Gasteiger partial charge in [-0.2, -0.15) is 4.31 Å². The van der Waals surface area contributed by atoms with Crippen LogP contribution in [-0.4, -0.2) is 41.5 Å². The summed E-state index contributed by atoms with van der Waals surface area (Å²) < 4.78 is 36.2. The number of piperidine rings is 1. The van der Waals surface area contributed by atoms with Crippen LogP contribution in [0.2, 0.25) is 0 Å². The third kappa shape index (κ3) is 4.21. The maximum Gasteiger partial charge on any atom is 0.243 e. The van der Waals surface area contributed by atoms with E-state index in [2.05, 4.69) is 28.7 Å². The number of aryl methyl sites for hydroxylation is 2. The highest BCUT2D eigenvalue weighted by atomic mass is 32.2. The number of hydrogen-bond donors (Lipinski definition) is 0. The largest absolute Gasteiger partial charge is 0.491 e. The molecule has 166 valence electrons. The average Bonchev–Trinajstić information content (AvgIpc) is 3.12. The van der Waals surface area contributed by atoms with E-state index in [1.54, 1.807) is 16.4 Å². The van der Waals surface area contributed by atoms with Crippen molar-refractivity contribution in [2.75, 3.05) is 13.1 Å². The van der Waals surface area contributed by atoms with Gasteiger partial charge >= 0.3 is 0 Å². The second-order valence-electron chi connectivity index (χ2n) is 8.54. The molecule has 1 aliphatic heterocycles. The van der Waals surface area contributed by atoms with Crippen molar-refractivity contribution in [1.29, 1.82) is 0 Å². The number of ether oxygens (including phenoxy) is 1. The Labute approximate surface area is 184 Å². The first-order chi connectivity index (χ1) is 14.8. The Hall–Kier alpha value is -2.38. The van der Waals surface area contributed by atoms with Crippen molar-refractivity contribution in [3.8, 4) is 5.75 Å². The van der Waals surface area contributed by atoms with Crippen molar-refractivity contribution >= 4 is 20.9 Å². The lowest BCUT2D eigenvalue weighted by Gasteiger charge is -2.31. The van der Waals surface area contributed by atoms with Gasteiger partial charge in [-0.25, -0.2) is 8.42 Å². The Bertz CT molecular complexity index is 1180. The second-order valence-corrected chi connectivity index (χ2v) is 10.4. The minimum atomic E-state index is -3.52. The summed E-state index contributed by atoms with van der Waals surface area (Å²) in [5.74, 6) is 1.05. The number of sulfonamides is 1. The summed E-state index contributed by atoms with van der Waals surface area (Å²) in [5.41, 5.74) is 3.18. The first kappa shape index (κ1) is 21.8. The fraction of sp³-hybridized carbons (Fsp3) is 0.458. The summed E-state index contributed by atoms with van der Waals surface area (Å²) >= 11 is 0. The van der Waals surface area contributed by atoms with Gasteiger partial charge in [-0.3, -0.25) is 4.98 Å². The van der Waals surface area contributed by atoms with Crippen molar-refractivity contribution in [2.45, 2.75) is 64.0 Å². The van der Waals surface area contributed by atoms with Crippen LogP contribution in [0.5, 0.6) is 5.75 Å². The molecule has 3 heterocycles. The highest BCUT2D eigenvalue weighted by Gasteiger charge is 2.32. The number of fused-ring (bicyclic) bond motifs is 1. The molecule has 1 aromatic carbocycles. The summed E-state index contributed by atoms with van der Waals surface area (Å²) in [5, 5.41) is 1.23. The number of nitrogens with zero attached hydrogens (tertiary/aromatic N) is 3. The van der Waals surface area contributed by atoms with E-state index < -0.39 is 10.0 Å². The van der Waals surface area contributed by atoms with Gasteiger partial charge in [-0.05, 0) is 81.8 Å². The van der Waals surface area contributed by atoms with Gasteiger partial charge in [0.05, 0.1) is 22.7 Å². The van der Waals surface area contributed by atoms with Gasteiger partial charge in [0, 0.05) is 37.4 Å². The number of rotatable bonds is 6. The number of pyridine rings is 1. The SMILES string of the molecule is CCn1cc(C2CCN(S(=O)(=O)c3ccc(OC(C)C)cc3C)CC2)c2ccncc21. The molecule has 0 N–H and O–H groups in total. The predicted molar refractivity (Wildman–Crippen MR) is 123 cm³/mol. The molecule has 0 amide bonds. The standard InChI is InChI=1S/C24H31N3O3S/c1-5-26-16-22(21-8-11-25-15-23(21)26)19-9-12-27(13-10-19)31(28,29)24-7-6-20(14-18(24)4)30-17(2)3/h6-8,11,14-17,19H,5,9-10,12-13H2,1-4H3. The molecular formula is C24H31N3O3S. The van der Waals surface area contributed by atoms with Gasteiger partial charge in [0.1, 0.15) is 5.75 Å². The molecule has 0 bridgehead atoms. The zero-order valence-corrected chi connectivity index (χ0v) is 19.5. The number of hydrogen-bond acceptors (Lipinski definition) is 4. The molecule has 0 aliphatic carbocycles. The highest BCUT2D eigenvalue weighted by Crippen LogP contribution is 2.36. The van der Waals surface area contributed by atoms with E-state index in [0.717, 1.165) is 30.5 Å². The maximum absolute atomic E-state index is 13.3. The van der Waals surface area contributed by atoms with E-state index in [1.165, 1.54) is 10.9 Å². The number of aromatic nitrogens is 2. The lowest BCUT2D eigenvalue weighted by molar-refractivity contribution is 0.242. The van der Waals surface area contributed by atoms with Crippen molar-refractivity contribution in [3.05, 3.63) is 54.0 Å². The Morgan fingerprint density at radius 3 is 2.58 bits per heavy atom. The molecule has 1 saturated heterocycles. The van der Waals surface area contributed by atoms with E-state index in [-0.39, 0.29) is 6.10 Å². The fourth-order valence-corrected chi connectivity index (χ4v) is 6.23. The average molecular weight is 442 g/mol. The van der Waals surface area contributed by atoms with Crippen LogP contribution in [0.15, 0.2) is 47.8 Å². The molecule has 0 saturated carbocycles. The smallest absolute Gasteiger partial charge is 0.243 e. The van der Waals surface area contributed by atoms with Crippen LogP contribution in [0, 0.1) is 6.92 Å². The molecule has 31 heavy (non-hydrogen) atoms. The molecule has 0 atom stereocenters. The van der Waals surface area contributed by atoms with E-state index in [4.69, 9.17) is 4.74 Å². The lowest BCUT2D eigenvalue weighted by atomic mass is 9.90. The monoisotopic (exact) mass is 441 g/mol. The molecule has 0 unspecified atom stereocenters. The molecule has 3 aromatic rings. The van der Waals surface area contributed by atoms with Crippen molar-refractivity contribution < 1.29 is 13.2 Å². The molecule has 0 spiro atoms. The van der Waals surface area contributed by atoms with E-state index in [1.807, 2.05) is 39.2 Å². The van der Waals surface area contributed by atoms with Crippen LogP contribution in [0.25, 0.3) is 10.9 Å².